The van der Waals surface area contributed by atoms with Gasteiger partial charge in [0.25, 0.3) is 5.91 Å². The van der Waals surface area contributed by atoms with Crippen LogP contribution >= 0.6 is 0 Å². The summed E-state index contributed by atoms with van der Waals surface area (Å²) in [5, 5.41) is 14.5. The largest absolute Gasteiger partial charge is 0.394 e. The van der Waals surface area contributed by atoms with Crippen LogP contribution in [0.1, 0.15) is 15.9 Å². The van der Waals surface area contributed by atoms with E-state index in [1.165, 1.54) is 24.5 Å². The fourth-order valence-electron chi connectivity index (χ4n) is 1.85. The highest BCUT2D eigenvalue weighted by Crippen LogP contribution is 1.99. The predicted molar refractivity (Wildman–Crippen MR) is 80.9 cm³/mol. The average molecular weight is 299 g/mol. The number of carbonyl (C=O) groups is 2. The fourth-order valence-corrected chi connectivity index (χ4v) is 1.85. The second-order valence-electron chi connectivity index (χ2n) is 4.65. The molecule has 6 heteroatoms. The molecule has 114 valence electrons. The Morgan fingerprint density at radius 2 is 1.77 bits per heavy atom. The van der Waals surface area contributed by atoms with Crippen LogP contribution < -0.4 is 10.6 Å². The van der Waals surface area contributed by atoms with Crippen molar-refractivity contribution in [2.75, 3.05) is 6.61 Å². The molecular formula is C16H17N3O3. The van der Waals surface area contributed by atoms with E-state index < -0.39 is 24.5 Å². The van der Waals surface area contributed by atoms with Crippen LogP contribution in [-0.2, 0) is 11.3 Å². The van der Waals surface area contributed by atoms with E-state index in [-0.39, 0.29) is 0 Å². The van der Waals surface area contributed by atoms with Crippen LogP contribution in [0, 0.1) is 0 Å². The molecule has 2 rings (SSSR count). The van der Waals surface area contributed by atoms with Gasteiger partial charge in [-0.2, -0.15) is 0 Å². The van der Waals surface area contributed by atoms with Crippen molar-refractivity contribution >= 4 is 11.8 Å². The number of aliphatic hydroxyl groups excluding tert-OH is 1. The first-order chi connectivity index (χ1) is 10.7. The van der Waals surface area contributed by atoms with E-state index in [1.54, 1.807) is 0 Å². The molecule has 0 saturated carbocycles. The molecule has 0 aliphatic rings. The van der Waals surface area contributed by atoms with Gasteiger partial charge in [0.05, 0.1) is 6.61 Å². The number of pyridine rings is 1. The summed E-state index contributed by atoms with van der Waals surface area (Å²) in [7, 11) is 0. The van der Waals surface area contributed by atoms with Crippen molar-refractivity contribution in [2.45, 2.75) is 12.6 Å². The van der Waals surface area contributed by atoms with Gasteiger partial charge in [0, 0.05) is 24.5 Å². The Balaban J connectivity index is 1.90. The van der Waals surface area contributed by atoms with E-state index in [2.05, 4.69) is 15.6 Å². The van der Waals surface area contributed by atoms with E-state index in [9.17, 15) is 14.7 Å². The number of hydrogen-bond donors (Lipinski definition) is 3. The summed E-state index contributed by atoms with van der Waals surface area (Å²) in [6.07, 6.45) is 2.97. The van der Waals surface area contributed by atoms with Gasteiger partial charge in [0.1, 0.15) is 6.04 Å². The number of aliphatic hydroxyl groups is 1. The van der Waals surface area contributed by atoms with Crippen molar-refractivity contribution < 1.29 is 14.7 Å². The summed E-state index contributed by atoms with van der Waals surface area (Å²) >= 11 is 0. The van der Waals surface area contributed by atoms with E-state index in [0.29, 0.717) is 12.1 Å². The van der Waals surface area contributed by atoms with Gasteiger partial charge in [-0.1, -0.05) is 30.3 Å². The van der Waals surface area contributed by atoms with Crippen LogP contribution in [0.4, 0.5) is 0 Å². The fraction of sp³-hybridized carbons (Fsp3) is 0.188. The first kappa shape index (κ1) is 15.7. The molecule has 0 aliphatic carbocycles. The molecule has 0 unspecified atom stereocenters. The van der Waals surface area contributed by atoms with Crippen molar-refractivity contribution in [1.82, 2.24) is 15.6 Å². The minimum atomic E-state index is -0.996. The van der Waals surface area contributed by atoms with E-state index in [4.69, 9.17) is 0 Å². The van der Waals surface area contributed by atoms with Gasteiger partial charge in [0.15, 0.2) is 0 Å². The van der Waals surface area contributed by atoms with Gasteiger partial charge in [-0.15, -0.1) is 0 Å². The molecule has 2 amide bonds. The summed E-state index contributed by atoms with van der Waals surface area (Å²) < 4.78 is 0. The first-order valence-corrected chi connectivity index (χ1v) is 6.84. The first-order valence-electron chi connectivity index (χ1n) is 6.84. The number of rotatable bonds is 6. The molecule has 3 N–H and O–H groups in total. The Bertz CT molecular complexity index is 617. The number of carbonyl (C=O) groups excluding carboxylic acids is 2. The maximum Gasteiger partial charge on any atom is 0.252 e. The molecule has 6 nitrogen and oxygen atoms in total. The van der Waals surface area contributed by atoms with E-state index in [0.717, 1.165) is 5.56 Å². The molecule has 0 spiro atoms. The minimum absolute atomic E-state index is 0.335. The number of nitrogens with one attached hydrogen (secondary N) is 2. The molecule has 0 saturated heterocycles. The zero-order chi connectivity index (χ0) is 15.8. The van der Waals surface area contributed by atoms with Gasteiger partial charge >= 0.3 is 0 Å². The summed E-state index contributed by atoms with van der Waals surface area (Å²) in [5.41, 5.74) is 1.32. The molecule has 2 aromatic rings. The molecule has 1 aromatic carbocycles. The van der Waals surface area contributed by atoms with Crippen LogP contribution in [0.25, 0.3) is 0 Å². The third kappa shape index (κ3) is 4.39. The Labute approximate surface area is 128 Å². The van der Waals surface area contributed by atoms with Gasteiger partial charge in [0.2, 0.25) is 5.91 Å². The summed E-state index contributed by atoms with van der Waals surface area (Å²) in [6.45, 7) is -0.140. The van der Waals surface area contributed by atoms with Gasteiger partial charge in [-0.25, -0.2) is 0 Å². The number of benzene rings is 1. The topological polar surface area (TPSA) is 91.3 Å². The van der Waals surface area contributed by atoms with Crippen molar-refractivity contribution in [2.24, 2.45) is 0 Å². The SMILES string of the molecule is O=C(N[C@@H](CO)C(=O)NCc1ccccc1)c1ccncc1. The zero-order valence-corrected chi connectivity index (χ0v) is 11.9. The van der Waals surface area contributed by atoms with Gasteiger partial charge in [-0.05, 0) is 17.7 Å². The Morgan fingerprint density at radius 1 is 1.09 bits per heavy atom. The number of nitrogens with zero attached hydrogens (tertiary/aromatic N) is 1. The third-order valence-corrected chi connectivity index (χ3v) is 3.06. The Morgan fingerprint density at radius 3 is 2.41 bits per heavy atom. The Hall–Kier alpha value is -2.73. The molecule has 1 atom stereocenters. The van der Waals surface area contributed by atoms with Gasteiger partial charge < -0.3 is 15.7 Å². The molecule has 0 bridgehead atoms. The average Bonchev–Trinajstić information content (AvgIpc) is 2.59. The molecule has 1 aromatic heterocycles. The zero-order valence-electron chi connectivity index (χ0n) is 11.9. The molecule has 1 heterocycles. The van der Waals surface area contributed by atoms with E-state index in [1.807, 2.05) is 30.3 Å². The molecule has 0 fully saturated rings. The number of hydrogen-bond acceptors (Lipinski definition) is 4. The monoisotopic (exact) mass is 299 g/mol. The molecule has 22 heavy (non-hydrogen) atoms. The molecule has 0 radical (unpaired) electrons. The van der Waals surface area contributed by atoms with Crippen LogP contribution in [-0.4, -0.2) is 34.6 Å². The standard InChI is InChI=1S/C16H17N3O3/c20-11-14(19-15(21)13-6-8-17-9-7-13)16(22)18-10-12-4-2-1-3-5-12/h1-9,14,20H,10-11H2,(H,18,22)(H,19,21)/t14-/m0/s1. The quantitative estimate of drug-likeness (QED) is 0.724. The predicted octanol–water partition coefficient (Wildman–Crippen LogP) is 0.489. The third-order valence-electron chi connectivity index (χ3n) is 3.06. The second kappa shape index (κ2) is 7.90. The lowest BCUT2D eigenvalue weighted by atomic mass is 10.2. The normalized spacial score (nSPS) is 11.5. The highest BCUT2D eigenvalue weighted by molar-refractivity contribution is 5.97. The van der Waals surface area contributed by atoms with Crippen LogP contribution in [0.2, 0.25) is 0 Å². The maximum atomic E-state index is 12.0. The number of amides is 2. The lowest BCUT2D eigenvalue weighted by molar-refractivity contribution is -0.124. The Kier molecular flexibility index (Phi) is 5.62. The highest BCUT2D eigenvalue weighted by atomic mass is 16.3. The molecular weight excluding hydrogens is 282 g/mol. The minimum Gasteiger partial charge on any atom is -0.394 e. The van der Waals surface area contributed by atoms with Crippen molar-refractivity contribution in [3.05, 3.63) is 66.0 Å². The molecule has 0 aliphatic heterocycles. The lowest BCUT2D eigenvalue weighted by Crippen LogP contribution is -2.48. The summed E-state index contributed by atoms with van der Waals surface area (Å²) in [4.78, 5) is 27.8. The van der Waals surface area contributed by atoms with Crippen LogP contribution in [0.3, 0.4) is 0 Å². The second-order valence-corrected chi connectivity index (χ2v) is 4.65. The van der Waals surface area contributed by atoms with Crippen molar-refractivity contribution in [3.8, 4) is 0 Å². The lowest BCUT2D eigenvalue weighted by Gasteiger charge is -2.16. The summed E-state index contributed by atoms with van der Waals surface area (Å²) in [6, 6.07) is 11.5. The van der Waals surface area contributed by atoms with E-state index >= 15 is 0 Å². The highest BCUT2D eigenvalue weighted by Gasteiger charge is 2.20. The number of aromatic nitrogens is 1. The smallest absolute Gasteiger partial charge is 0.252 e. The van der Waals surface area contributed by atoms with Crippen molar-refractivity contribution in [1.29, 1.82) is 0 Å². The van der Waals surface area contributed by atoms with Crippen molar-refractivity contribution in [3.63, 3.8) is 0 Å². The van der Waals surface area contributed by atoms with Crippen LogP contribution in [0.15, 0.2) is 54.9 Å². The maximum absolute atomic E-state index is 12.0. The van der Waals surface area contributed by atoms with Crippen LogP contribution in [0.5, 0.6) is 0 Å². The summed E-state index contributed by atoms with van der Waals surface area (Å²) in [5.74, 6) is -0.870. The van der Waals surface area contributed by atoms with Gasteiger partial charge in [-0.3, -0.25) is 14.6 Å².